The van der Waals surface area contributed by atoms with Crippen molar-refractivity contribution in [2.24, 2.45) is 4.40 Å². The van der Waals surface area contributed by atoms with Crippen LogP contribution in [0.3, 0.4) is 0 Å². The standard InChI is InChI=1S/C21H15Cl2N3O4S3/c22-13-6-8-14(9-7-13)24-18(27)12-16-20(28)26(15-4-2-1-3-5-15)21(31-16)25-33(29,30)19-11-10-17(23)32-19/h1-11,16H,12H2,(H,24,27)/b25-21-. The Labute approximate surface area is 208 Å². The summed E-state index contributed by atoms with van der Waals surface area (Å²) in [4.78, 5) is 27.0. The summed E-state index contributed by atoms with van der Waals surface area (Å²) in [6.07, 6.45) is -0.167. The molecule has 2 aromatic carbocycles. The predicted molar refractivity (Wildman–Crippen MR) is 134 cm³/mol. The molecule has 170 valence electrons. The second-order valence-corrected chi connectivity index (χ2v) is 11.9. The molecule has 1 unspecified atom stereocenters. The number of amides is 2. The highest BCUT2D eigenvalue weighted by molar-refractivity contribution is 8.16. The normalized spacial score (nSPS) is 17.5. The number of thiophene rings is 1. The number of hydrogen-bond acceptors (Lipinski definition) is 6. The van der Waals surface area contributed by atoms with Gasteiger partial charge in [-0.05, 0) is 48.5 Å². The maximum atomic E-state index is 13.2. The number of nitrogens with zero attached hydrogens (tertiary/aromatic N) is 2. The highest BCUT2D eigenvalue weighted by Crippen LogP contribution is 2.36. The average Bonchev–Trinajstić information content (AvgIpc) is 3.34. The molecule has 2 amide bonds. The number of sulfonamides is 1. The van der Waals surface area contributed by atoms with E-state index in [4.69, 9.17) is 23.2 Å². The van der Waals surface area contributed by atoms with Crippen LogP contribution in [0.1, 0.15) is 6.42 Å². The van der Waals surface area contributed by atoms with Gasteiger partial charge in [0.2, 0.25) is 11.8 Å². The fourth-order valence-electron chi connectivity index (χ4n) is 2.97. The van der Waals surface area contributed by atoms with Gasteiger partial charge < -0.3 is 5.32 Å². The minimum absolute atomic E-state index is 0.0278. The number of hydrogen-bond donors (Lipinski definition) is 1. The van der Waals surface area contributed by atoms with Gasteiger partial charge in [0.25, 0.3) is 10.0 Å². The van der Waals surface area contributed by atoms with E-state index in [1.165, 1.54) is 17.0 Å². The maximum Gasteiger partial charge on any atom is 0.294 e. The third-order valence-electron chi connectivity index (χ3n) is 4.45. The van der Waals surface area contributed by atoms with Crippen molar-refractivity contribution >= 4 is 84.7 Å². The summed E-state index contributed by atoms with van der Waals surface area (Å²) >= 11 is 13.5. The number of thioether (sulfide) groups is 1. The van der Waals surface area contributed by atoms with Gasteiger partial charge in [-0.2, -0.15) is 8.42 Å². The third kappa shape index (κ3) is 5.59. The second kappa shape index (κ2) is 9.86. The van der Waals surface area contributed by atoms with Crippen LogP contribution in [0.15, 0.2) is 75.3 Å². The molecule has 0 spiro atoms. The van der Waals surface area contributed by atoms with E-state index in [0.717, 1.165) is 23.1 Å². The number of para-hydroxylation sites is 1. The van der Waals surface area contributed by atoms with Crippen molar-refractivity contribution < 1.29 is 18.0 Å². The van der Waals surface area contributed by atoms with Crippen LogP contribution in [0.4, 0.5) is 11.4 Å². The molecule has 1 aromatic heterocycles. The van der Waals surface area contributed by atoms with Crippen LogP contribution < -0.4 is 10.2 Å². The molecule has 1 saturated heterocycles. The van der Waals surface area contributed by atoms with Crippen LogP contribution in [-0.2, 0) is 19.6 Å². The van der Waals surface area contributed by atoms with E-state index in [1.54, 1.807) is 54.6 Å². The summed E-state index contributed by atoms with van der Waals surface area (Å²) in [5.74, 6) is -0.832. The fraction of sp³-hybridized carbons (Fsp3) is 0.0952. The first kappa shape index (κ1) is 23.8. The number of rotatable bonds is 6. The van der Waals surface area contributed by atoms with E-state index in [1.807, 2.05) is 0 Å². The number of benzene rings is 2. The van der Waals surface area contributed by atoms with E-state index >= 15 is 0 Å². The van der Waals surface area contributed by atoms with Crippen LogP contribution in [0.2, 0.25) is 9.36 Å². The third-order valence-corrected chi connectivity index (χ3v) is 8.92. The minimum atomic E-state index is -4.10. The molecule has 2 heterocycles. The van der Waals surface area contributed by atoms with Crippen molar-refractivity contribution in [3.05, 3.63) is 76.1 Å². The Kier molecular flexibility index (Phi) is 7.10. The van der Waals surface area contributed by atoms with Gasteiger partial charge in [-0.15, -0.1) is 15.7 Å². The van der Waals surface area contributed by atoms with Gasteiger partial charge in [-0.25, -0.2) is 0 Å². The largest absolute Gasteiger partial charge is 0.326 e. The van der Waals surface area contributed by atoms with Gasteiger partial charge in [-0.3, -0.25) is 14.5 Å². The number of amidine groups is 1. The van der Waals surface area contributed by atoms with Crippen molar-refractivity contribution in [1.82, 2.24) is 0 Å². The zero-order valence-corrected chi connectivity index (χ0v) is 20.6. The first-order valence-corrected chi connectivity index (χ1v) is 13.3. The van der Waals surface area contributed by atoms with Crippen molar-refractivity contribution in [2.45, 2.75) is 15.9 Å². The molecule has 1 N–H and O–H groups in total. The summed E-state index contributed by atoms with van der Waals surface area (Å²) in [7, 11) is -4.10. The quantitative estimate of drug-likeness (QED) is 0.459. The molecule has 1 fully saturated rings. The maximum absolute atomic E-state index is 13.2. The van der Waals surface area contributed by atoms with E-state index < -0.39 is 27.1 Å². The van der Waals surface area contributed by atoms with E-state index in [-0.39, 0.29) is 15.8 Å². The summed E-state index contributed by atoms with van der Waals surface area (Å²) in [5, 5.41) is 2.36. The molecule has 33 heavy (non-hydrogen) atoms. The predicted octanol–water partition coefficient (Wildman–Crippen LogP) is 5.28. The molecule has 1 atom stereocenters. The van der Waals surface area contributed by atoms with Gasteiger partial charge in [0.05, 0.1) is 10.0 Å². The van der Waals surface area contributed by atoms with Crippen LogP contribution in [0.25, 0.3) is 0 Å². The molecule has 0 bridgehead atoms. The lowest BCUT2D eigenvalue weighted by Gasteiger charge is -2.16. The smallest absolute Gasteiger partial charge is 0.294 e. The number of carbonyl (C=O) groups excluding carboxylic acids is 2. The monoisotopic (exact) mass is 539 g/mol. The Balaban J connectivity index is 1.61. The van der Waals surface area contributed by atoms with Gasteiger partial charge in [0.15, 0.2) is 5.17 Å². The molecule has 7 nitrogen and oxygen atoms in total. The van der Waals surface area contributed by atoms with Crippen molar-refractivity contribution in [3.63, 3.8) is 0 Å². The lowest BCUT2D eigenvalue weighted by atomic mass is 10.2. The van der Waals surface area contributed by atoms with Crippen molar-refractivity contribution in [2.75, 3.05) is 10.2 Å². The van der Waals surface area contributed by atoms with Crippen LogP contribution in [0.5, 0.6) is 0 Å². The summed E-state index contributed by atoms with van der Waals surface area (Å²) in [6, 6.07) is 17.9. The Morgan fingerprint density at radius 1 is 1.03 bits per heavy atom. The van der Waals surface area contributed by atoms with E-state index in [2.05, 4.69) is 9.71 Å². The zero-order valence-electron chi connectivity index (χ0n) is 16.6. The highest BCUT2D eigenvalue weighted by Gasteiger charge is 2.41. The van der Waals surface area contributed by atoms with Crippen LogP contribution in [0, 0.1) is 0 Å². The highest BCUT2D eigenvalue weighted by atomic mass is 35.5. The molecular weight excluding hydrogens is 525 g/mol. The van der Waals surface area contributed by atoms with E-state index in [9.17, 15) is 18.0 Å². The first-order valence-electron chi connectivity index (χ1n) is 9.44. The minimum Gasteiger partial charge on any atom is -0.326 e. The Morgan fingerprint density at radius 3 is 2.36 bits per heavy atom. The lowest BCUT2D eigenvalue weighted by Crippen LogP contribution is -2.33. The van der Waals surface area contributed by atoms with Crippen LogP contribution in [-0.4, -0.2) is 30.6 Å². The molecule has 12 heteroatoms. The summed E-state index contributed by atoms with van der Waals surface area (Å²) < 4.78 is 29.8. The lowest BCUT2D eigenvalue weighted by molar-refractivity contribution is -0.121. The Morgan fingerprint density at radius 2 is 1.73 bits per heavy atom. The summed E-state index contributed by atoms with van der Waals surface area (Å²) in [5.41, 5.74) is 0.986. The molecular formula is C21H15Cl2N3O4S3. The average molecular weight is 540 g/mol. The number of anilines is 2. The summed E-state index contributed by atoms with van der Waals surface area (Å²) in [6.45, 7) is 0. The molecule has 0 saturated carbocycles. The molecule has 4 rings (SSSR count). The van der Waals surface area contributed by atoms with Crippen LogP contribution >= 0.6 is 46.3 Å². The molecule has 0 radical (unpaired) electrons. The molecule has 3 aromatic rings. The first-order chi connectivity index (χ1) is 15.7. The fourth-order valence-corrected chi connectivity index (χ4v) is 6.89. The SMILES string of the molecule is O=C(CC1S/C(=N\S(=O)(=O)c2ccc(Cl)s2)N(c2ccccc2)C1=O)Nc1ccc(Cl)cc1. The Bertz CT molecular complexity index is 1330. The van der Waals surface area contributed by atoms with Gasteiger partial charge >= 0.3 is 0 Å². The van der Waals surface area contributed by atoms with Crippen molar-refractivity contribution in [3.8, 4) is 0 Å². The van der Waals surface area contributed by atoms with Gasteiger partial charge in [0, 0.05) is 17.1 Å². The molecule has 0 aliphatic carbocycles. The molecule has 1 aliphatic rings. The molecule has 1 aliphatic heterocycles. The topological polar surface area (TPSA) is 95.9 Å². The van der Waals surface area contributed by atoms with Gasteiger partial charge in [-0.1, -0.05) is 53.2 Å². The van der Waals surface area contributed by atoms with Crippen molar-refractivity contribution in [1.29, 1.82) is 0 Å². The second-order valence-electron chi connectivity index (χ2n) is 6.78. The zero-order chi connectivity index (χ0) is 23.6. The van der Waals surface area contributed by atoms with E-state index in [0.29, 0.717) is 20.7 Å². The number of nitrogens with one attached hydrogen (secondary N) is 1. The number of carbonyl (C=O) groups is 2. The van der Waals surface area contributed by atoms with Gasteiger partial charge in [0.1, 0.15) is 9.46 Å². The Hall–Kier alpha value is -2.37. The number of halogens is 2.